The number of aryl methyl sites for hydroxylation is 1. The van der Waals surface area contributed by atoms with Gasteiger partial charge in [0.2, 0.25) is 21.1 Å². The van der Waals surface area contributed by atoms with Crippen LogP contribution in [0.5, 0.6) is 5.75 Å². The summed E-state index contributed by atoms with van der Waals surface area (Å²) in [4.78, 5) is 22.9. The third-order valence-electron chi connectivity index (χ3n) is 4.78. The Hall–Kier alpha value is -3.58. The zero-order chi connectivity index (χ0) is 24.9. The number of aromatic nitrogens is 2. The average molecular weight is 506 g/mol. The summed E-state index contributed by atoms with van der Waals surface area (Å²) in [6.07, 6.45) is 1.15. The lowest BCUT2D eigenvalue weighted by molar-refractivity contribution is -0.384. The smallest absolute Gasteiger partial charge is 0.271 e. The lowest BCUT2D eigenvalue weighted by Crippen LogP contribution is -2.32. The van der Waals surface area contributed by atoms with Crippen molar-refractivity contribution in [2.24, 2.45) is 0 Å². The molecule has 11 nitrogen and oxygen atoms in total. The van der Waals surface area contributed by atoms with E-state index in [-0.39, 0.29) is 42.4 Å². The van der Waals surface area contributed by atoms with E-state index >= 15 is 0 Å². The second-order valence-corrected chi connectivity index (χ2v) is 10.3. The van der Waals surface area contributed by atoms with Crippen LogP contribution >= 0.6 is 11.3 Å². The quantitative estimate of drug-likeness (QED) is 0.325. The number of nitrogens with zero attached hydrogens (tertiary/aromatic N) is 4. The van der Waals surface area contributed by atoms with Crippen LogP contribution in [0.4, 0.5) is 16.5 Å². The van der Waals surface area contributed by atoms with Crippen LogP contribution in [0.2, 0.25) is 0 Å². The van der Waals surface area contributed by atoms with Crippen LogP contribution in [0, 0.1) is 17.0 Å². The van der Waals surface area contributed by atoms with Gasteiger partial charge in [0.15, 0.2) is 0 Å². The first-order chi connectivity index (χ1) is 16.1. The van der Waals surface area contributed by atoms with Gasteiger partial charge in [-0.05, 0) is 19.4 Å². The van der Waals surface area contributed by atoms with E-state index in [9.17, 15) is 23.3 Å². The normalized spacial score (nSPS) is 11.1. The monoisotopic (exact) mass is 505 g/mol. The van der Waals surface area contributed by atoms with E-state index in [1.54, 1.807) is 0 Å². The number of non-ortho nitro benzene ring substituents is 1. The number of anilines is 2. The molecule has 0 radical (unpaired) electrons. The summed E-state index contributed by atoms with van der Waals surface area (Å²) in [6, 6.07) is 11.4. The largest absolute Gasteiger partial charge is 0.495 e. The number of carbonyl (C=O) groups is 1. The Labute approximate surface area is 200 Å². The highest BCUT2D eigenvalue weighted by atomic mass is 32.2. The van der Waals surface area contributed by atoms with Gasteiger partial charge in [-0.2, -0.15) is 0 Å². The minimum Gasteiger partial charge on any atom is -0.495 e. The summed E-state index contributed by atoms with van der Waals surface area (Å²) in [5.74, 6) is -0.191. The summed E-state index contributed by atoms with van der Waals surface area (Å²) in [5, 5.41) is 22.9. The molecule has 1 amide bonds. The summed E-state index contributed by atoms with van der Waals surface area (Å²) >= 11 is 1.23. The third kappa shape index (κ3) is 6.26. The number of nitro benzene ring substituents is 1. The van der Waals surface area contributed by atoms with Crippen molar-refractivity contribution in [3.8, 4) is 16.3 Å². The Morgan fingerprint density at radius 3 is 2.53 bits per heavy atom. The molecular weight excluding hydrogens is 482 g/mol. The predicted molar refractivity (Wildman–Crippen MR) is 130 cm³/mol. The van der Waals surface area contributed by atoms with Gasteiger partial charge in [-0.25, -0.2) is 8.42 Å². The van der Waals surface area contributed by atoms with Gasteiger partial charge in [0.05, 0.1) is 18.3 Å². The fourth-order valence-electron chi connectivity index (χ4n) is 3.10. The Morgan fingerprint density at radius 1 is 1.21 bits per heavy atom. The molecule has 0 aliphatic rings. The molecule has 0 aliphatic carbocycles. The maximum atomic E-state index is 12.4. The molecule has 1 aromatic heterocycles. The van der Waals surface area contributed by atoms with Gasteiger partial charge in [0.1, 0.15) is 16.4 Å². The minimum atomic E-state index is -3.80. The fourth-order valence-corrected chi connectivity index (χ4v) is 4.83. The minimum absolute atomic E-state index is 0.00269. The molecule has 0 fully saturated rings. The zero-order valence-corrected chi connectivity index (χ0v) is 20.4. The number of methoxy groups -OCH3 is 1. The number of ether oxygens (including phenoxy) is 1. The molecule has 0 spiro atoms. The van der Waals surface area contributed by atoms with Crippen LogP contribution in [0.3, 0.4) is 0 Å². The number of hydrogen-bond donors (Lipinski definition) is 1. The van der Waals surface area contributed by atoms with Crippen molar-refractivity contribution in [3.05, 3.63) is 58.1 Å². The Kier molecular flexibility index (Phi) is 7.79. The molecule has 0 saturated heterocycles. The molecule has 0 saturated carbocycles. The van der Waals surface area contributed by atoms with E-state index < -0.39 is 14.9 Å². The first-order valence-corrected chi connectivity index (χ1v) is 12.8. The number of sulfonamides is 1. The summed E-state index contributed by atoms with van der Waals surface area (Å²) in [6.45, 7) is 1.91. The van der Waals surface area contributed by atoms with E-state index in [0.29, 0.717) is 10.1 Å². The summed E-state index contributed by atoms with van der Waals surface area (Å²) in [7, 11) is -2.46. The van der Waals surface area contributed by atoms with Gasteiger partial charge in [-0.15, -0.1) is 10.2 Å². The van der Waals surface area contributed by atoms with E-state index in [1.165, 1.54) is 30.6 Å². The van der Waals surface area contributed by atoms with Crippen molar-refractivity contribution in [2.45, 2.75) is 19.8 Å². The van der Waals surface area contributed by atoms with E-state index in [0.717, 1.165) is 27.8 Å². The maximum Gasteiger partial charge on any atom is 0.271 e. The highest BCUT2D eigenvalue weighted by Crippen LogP contribution is 2.34. The van der Waals surface area contributed by atoms with E-state index in [2.05, 4.69) is 15.5 Å². The topological polar surface area (TPSA) is 145 Å². The molecule has 13 heteroatoms. The third-order valence-corrected chi connectivity index (χ3v) is 6.84. The number of amides is 1. The Bertz CT molecular complexity index is 1290. The maximum absolute atomic E-state index is 12.4. The SMILES string of the molecule is COc1ccc([N+](=O)[O-])cc1N(CCCC(=O)Nc1nnc(-c2ccc(C)cc2)s1)S(C)(=O)=O. The molecule has 1 N–H and O–H groups in total. The van der Waals surface area contributed by atoms with Crippen LogP contribution < -0.4 is 14.4 Å². The fraction of sp³-hybridized carbons (Fsp3) is 0.286. The van der Waals surface area contributed by atoms with Crippen LogP contribution in [0.1, 0.15) is 18.4 Å². The van der Waals surface area contributed by atoms with Crippen molar-refractivity contribution in [1.82, 2.24) is 10.2 Å². The van der Waals surface area contributed by atoms with Gasteiger partial charge in [0.25, 0.3) is 5.69 Å². The van der Waals surface area contributed by atoms with Crippen LogP contribution in [0.15, 0.2) is 42.5 Å². The molecule has 3 rings (SSSR count). The van der Waals surface area contributed by atoms with Gasteiger partial charge in [-0.1, -0.05) is 41.2 Å². The first kappa shape index (κ1) is 25.1. The van der Waals surface area contributed by atoms with Crippen molar-refractivity contribution in [2.75, 3.05) is 29.5 Å². The molecule has 0 bridgehead atoms. The van der Waals surface area contributed by atoms with Gasteiger partial charge in [-0.3, -0.25) is 19.2 Å². The Morgan fingerprint density at radius 2 is 1.91 bits per heavy atom. The van der Waals surface area contributed by atoms with Gasteiger partial charge < -0.3 is 10.1 Å². The molecule has 2 aromatic carbocycles. The lowest BCUT2D eigenvalue weighted by Gasteiger charge is -2.24. The van der Waals surface area contributed by atoms with Crippen molar-refractivity contribution in [3.63, 3.8) is 0 Å². The first-order valence-electron chi connectivity index (χ1n) is 10.1. The van der Waals surface area contributed by atoms with Crippen LogP contribution in [0.25, 0.3) is 10.6 Å². The zero-order valence-electron chi connectivity index (χ0n) is 18.7. The molecule has 0 aliphatic heterocycles. The molecule has 0 unspecified atom stereocenters. The van der Waals surface area contributed by atoms with Crippen molar-refractivity contribution < 1.29 is 22.9 Å². The molecule has 1 heterocycles. The highest BCUT2D eigenvalue weighted by Gasteiger charge is 2.24. The molecule has 180 valence electrons. The molecule has 0 atom stereocenters. The molecule has 34 heavy (non-hydrogen) atoms. The number of carbonyl (C=O) groups excluding carboxylic acids is 1. The molecule has 3 aromatic rings. The lowest BCUT2D eigenvalue weighted by atomic mass is 10.2. The summed E-state index contributed by atoms with van der Waals surface area (Å²) in [5.41, 5.74) is 1.76. The second kappa shape index (κ2) is 10.6. The van der Waals surface area contributed by atoms with Crippen LogP contribution in [-0.4, -0.2) is 49.4 Å². The van der Waals surface area contributed by atoms with Crippen LogP contribution in [-0.2, 0) is 14.8 Å². The predicted octanol–water partition coefficient (Wildman–Crippen LogP) is 3.62. The number of hydrogen-bond acceptors (Lipinski definition) is 9. The molecular formula is C21H23N5O6S2. The van der Waals surface area contributed by atoms with Crippen molar-refractivity contribution >= 4 is 43.8 Å². The van der Waals surface area contributed by atoms with Gasteiger partial charge in [0, 0.05) is 30.7 Å². The Balaban J connectivity index is 1.66. The number of rotatable bonds is 10. The van der Waals surface area contributed by atoms with E-state index in [1.807, 2.05) is 31.2 Å². The second-order valence-electron chi connectivity index (χ2n) is 7.38. The van der Waals surface area contributed by atoms with Crippen molar-refractivity contribution in [1.29, 1.82) is 0 Å². The highest BCUT2D eigenvalue weighted by molar-refractivity contribution is 7.92. The number of nitrogens with one attached hydrogen (secondary N) is 1. The van der Waals surface area contributed by atoms with Gasteiger partial charge >= 0.3 is 0 Å². The number of benzene rings is 2. The summed E-state index contributed by atoms with van der Waals surface area (Å²) < 4.78 is 31.0. The standard InChI is InChI=1S/C21H23N5O6S2/c1-14-6-8-15(9-7-14)20-23-24-21(33-20)22-19(27)5-4-12-25(34(3,30)31)17-13-16(26(28)29)10-11-18(17)32-2/h6-11,13H,4-5,12H2,1-3H3,(H,22,24,27). The average Bonchev–Trinajstić information content (AvgIpc) is 3.24. The van der Waals surface area contributed by atoms with E-state index in [4.69, 9.17) is 4.74 Å². The number of nitro groups is 1.